The molecule has 1 N–H and O–H groups in total. The summed E-state index contributed by atoms with van der Waals surface area (Å²) >= 11 is 0. The number of nitrogens with one attached hydrogen (secondary N) is 1. The van der Waals surface area contributed by atoms with Crippen molar-refractivity contribution < 1.29 is 9.59 Å². The van der Waals surface area contributed by atoms with Crippen molar-refractivity contribution in [3.63, 3.8) is 0 Å². The molecule has 3 atom stereocenters. The first-order chi connectivity index (χ1) is 11.6. The molecule has 0 radical (unpaired) electrons. The second-order valence-corrected chi connectivity index (χ2v) is 8.11. The summed E-state index contributed by atoms with van der Waals surface area (Å²) in [5.41, 5.74) is 0.543. The van der Waals surface area contributed by atoms with Gasteiger partial charge in [-0.1, -0.05) is 32.6 Å². The number of nitrogens with zero attached hydrogens (tertiary/aromatic N) is 1. The van der Waals surface area contributed by atoms with Gasteiger partial charge in [0.2, 0.25) is 0 Å². The molecular formula is C20H32N2O2. The number of unbranched alkanes of at least 4 members (excludes halogenated alkanes) is 3. The Bertz CT molecular complexity index is 484. The largest absolute Gasteiger partial charge is 0.313 e. The fourth-order valence-corrected chi connectivity index (χ4v) is 5.07. The van der Waals surface area contributed by atoms with E-state index in [1.165, 1.54) is 68.4 Å². The Morgan fingerprint density at radius 2 is 1.79 bits per heavy atom. The van der Waals surface area contributed by atoms with Crippen molar-refractivity contribution in [1.82, 2.24) is 10.2 Å². The fraction of sp³-hybridized carbons (Fsp3) is 0.800. The van der Waals surface area contributed by atoms with E-state index in [2.05, 4.69) is 12.2 Å². The molecule has 0 aromatic heterocycles. The maximum Gasteiger partial charge on any atom is 0.253 e. The molecule has 2 amide bonds. The predicted octanol–water partition coefficient (Wildman–Crippen LogP) is 3.42. The van der Waals surface area contributed by atoms with E-state index in [0.29, 0.717) is 18.0 Å². The molecule has 2 saturated carbocycles. The van der Waals surface area contributed by atoms with Crippen LogP contribution in [0.2, 0.25) is 0 Å². The lowest BCUT2D eigenvalue weighted by Gasteiger charge is -2.41. The number of carbonyl (C=O) groups is 2. The topological polar surface area (TPSA) is 49.4 Å². The van der Waals surface area contributed by atoms with Crippen molar-refractivity contribution in [2.24, 2.45) is 11.3 Å². The van der Waals surface area contributed by atoms with E-state index < -0.39 is 0 Å². The Kier molecular flexibility index (Phi) is 5.75. The van der Waals surface area contributed by atoms with Crippen molar-refractivity contribution >= 4 is 11.8 Å². The number of carbonyl (C=O) groups excluding carboxylic acids is 2. The summed E-state index contributed by atoms with van der Waals surface area (Å²) in [5.74, 6) is 0.643. The molecule has 3 rings (SSSR count). The maximum atomic E-state index is 11.5. The van der Waals surface area contributed by atoms with Crippen LogP contribution in [0.25, 0.3) is 0 Å². The highest BCUT2D eigenvalue weighted by molar-refractivity contribution is 6.12. The van der Waals surface area contributed by atoms with Gasteiger partial charge < -0.3 is 5.32 Å². The number of fused-ring (bicyclic) bond motifs is 1. The smallest absolute Gasteiger partial charge is 0.253 e. The van der Waals surface area contributed by atoms with E-state index in [0.717, 1.165) is 25.3 Å². The van der Waals surface area contributed by atoms with E-state index in [1.54, 1.807) is 0 Å². The molecule has 0 aromatic carbocycles. The third-order valence-corrected chi connectivity index (χ3v) is 6.65. The minimum atomic E-state index is -0.154. The lowest BCUT2D eigenvalue weighted by molar-refractivity contribution is -0.136. The van der Waals surface area contributed by atoms with Crippen molar-refractivity contribution in [1.29, 1.82) is 0 Å². The Balaban J connectivity index is 1.27. The van der Waals surface area contributed by atoms with Gasteiger partial charge in [-0.05, 0) is 56.4 Å². The van der Waals surface area contributed by atoms with E-state index >= 15 is 0 Å². The Hall–Kier alpha value is -1.16. The summed E-state index contributed by atoms with van der Waals surface area (Å²) in [5, 5.41) is 3.84. The number of imide groups is 1. The van der Waals surface area contributed by atoms with Gasteiger partial charge in [-0.2, -0.15) is 0 Å². The van der Waals surface area contributed by atoms with Gasteiger partial charge in [0.25, 0.3) is 11.8 Å². The van der Waals surface area contributed by atoms with Crippen LogP contribution in [0.5, 0.6) is 0 Å². The van der Waals surface area contributed by atoms with Crippen LogP contribution >= 0.6 is 0 Å². The molecule has 2 fully saturated rings. The van der Waals surface area contributed by atoms with Gasteiger partial charge in [-0.25, -0.2) is 0 Å². The Labute approximate surface area is 146 Å². The average molecular weight is 332 g/mol. The normalized spacial score (nSPS) is 32.6. The van der Waals surface area contributed by atoms with Crippen LogP contribution in [-0.2, 0) is 9.59 Å². The molecule has 0 spiro atoms. The van der Waals surface area contributed by atoms with Crippen LogP contribution < -0.4 is 5.32 Å². The van der Waals surface area contributed by atoms with Crippen LogP contribution in [0.3, 0.4) is 0 Å². The molecular weight excluding hydrogens is 300 g/mol. The molecule has 0 bridgehead atoms. The zero-order chi connectivity index (χ0) is 17.0. The molecule has 3 aliphatic rings. The number of rotatable bonds is 8. The van der Waals surface area contributed by atoms with Crippen LogP contribution in [0.1, 0.15) is 71.1 Å². The van der Waals surface area contributed by atoms with Crippen molar-refractivity contribution in [2.45, 2.75) is 77.2 Å². The van der Waals surface area contributed by atoms with Crippen LogP contribution in [0, 0.1) is 11.3 Å². The van der Waals surface area contributed by atoms with Gasteiger partial charge in [-0.15, -0.1) is 0 Å². The number of amides is 2. The van der Waals surface area contributed by atoms with Crippen molar-refractivity contribution in [3.05, 3.63) is 12.2 Å². The molecule has 4 nitrogen and oxygen atoms in total. The summed E-state index contributed by atoms with van der Waals surface area (Å²) in [4.78, 5) is 24.3. The molecule has 2 aliphatic carbocycles. The monoisotopic (exact) mass is 332 g/mol. The average Bonchev–Trinajstić information content (AvgIpc) is 3.07. The third kappa shape index (κ3) is 3.74. The lowest BCUT2D eigenvalue weighted by Crippen LogP contribution is -2.44. The van der Waals surface area contributed by atoms with E-state index in [4.69, 9.17) is 0 Å². The highest BCUT2D eigenvalue weighted by Crippen LogP contribution is 2.51. The van der Waals surface area contributed by atoms with Gasteiger partial charge in [0, 0.05) is 24.7 Å². The Morgan fingerprint density at radius 3 is 2.58 bits per heavy atom. The van der Waals surface area contributed by atoms with Gasteiger partial charge in [0.15, 0.2) is 0 Å². The van der Waals surface area contributed by atoms with Crippen LogP contribution in [0.4, 0.5) is 0 Å². The van der Waals surface area contributed by atoms with E-state index in [-0.39, 0.29) is 11.8 Å². The SMILES string of the molecule is CC12CCCCC1CCC2NCCCCCCN1C(=O)C=CC1=O. The zero-order valence-electron chi connectivity index (χ0n) is 15.1. The highest BCUT2D eigenvalue weighted by Gasteiger charge is 2.46. The molecule has 0 aromatic rings. The van der Waals surface area contributed by atoms with Crippen LogP contribution in [-0.4, -0.2) is 35.8 Å². The zero-order valence-corrected chi connectivity index (χ0v) is 15.1. The second kappa shape index (κ2) is 7.81. The highest BCUT2D eigenvalue weighted by atomic mass is 16.2. The summed E-state index contributed by atoms with van der Waals surface area (Å²) < 4.78 is 0. The minimum absolute atomic E-state index is 0.154. The standard InChI is InChI=1S/C20H32N2O2/c1-20-13-5-4-8-16(20)9-10-17(20)21-14-6-2-3-7-15-22-18(23)11-12-19(22)24/h11-12,16-17,21H,2-10,13-15H2,1H3. The quantitative estimate of drug-likeness (QED) is 0.547. The first-order valence-electron chi connectivity index (χ1n) is 9.88. The minimum Gasteiger partial charge on any atom is -0.313 e. The molecule has 0 saturated heterocycles. The summed E-state index contributed by atoms with van der Waals surface area (Å²) in [6.45, 7) is 4.19. The maximum absolute atomic E-state index is 11.5. The van der Waals surface area contributed by atoms with Crippen molar-refractivity contribution in [3.8, 4) is 0 Å². The fourth-order valence-electron chi connectivity index (χ4n) is 5.07. The molecule has 4 heteroatoms. The first kappa shape index (κ1) is 17.7. The summed E-state index contributed by atoms with van der Waals surface area (Å²) in [6, 6.07) is 0.716. The molecule has 1 heterocycles. The first-order valence-corrected chi connectivity index (χ1v) is 9.88. The predicted molar refractivity (Wildman–Crippen MR) is 95.4 cm³/mol. The third-order valence-electron chi connectivity index (χ3n) is 6.65. The van der Waals surface area contributed by atoms with Gasteiger partial charge in [0.1, 0.15) is 0 Å². The van der Waals surface area contributed by atoms with Gasteiger partial charge in [0.05, 0.1) is 0 Å². The van der Waals surface area contributed by atoms with Gasteiger partial charge in [-0.3, -0.25) is 14.5 Å². The van der Waals surface area contributed by atoms with E-state index in [1.807, 2.05) is 0 Å². The van der Waals surface area contributed by atoms with E-state index in [9.17, 15) is 9.59 Å². The molecule has 3 unspecified atom stereocenters. The number of hydrogen-bond donors (Lipinski definition) is 1. The number of hydrogen-bond acceptors (Lipinski definition) is 3. The summed E-state index contributed by atoms with van der Waals surface area (Å²) in [7, 11) is 0. The molecule has 1 aliphatic heterocycles. The summed E-state index contributed by atoms with van der Waals surface area (Å²) in [6.07, 6.45) is 15.6. The molecule has 134 valence electrons. The van der Waals surface area contributed by atoms with Crippen molar-refractivity contribution in [2.75, 3.05) is 13.1 Å². The second-order valence-electron chi connectivity index (χ2n) is 8.11. The van der Waals surface area contributed by atoms with Crippen LogP contribution in [0.15, 0.2) is 12.2 Å². The van der Waals surface area contributed by atoms with Gasteiger partial charge >= 0.3 is 0 Å². The lowest BCUT2D eigenvalue weighted by atomic mass is 9.68. The molecule has 24 heavy (non-hydrogen) atoms. The Morgan fingerprint density at radius 1 is 1.04 bits per heavy atom.